The summed E-state index contributed by atoms with van der Waals surface area (Å²) in [6, 6.07) is 2.52. The summed E-state index contributed by atoms with van der Waals surface area (Å²) >= 11 is 0. The zero-order chi connectivity index (χ0) is 11.6. The van der Waals surface area contributed by atoms with Crippen molar-refractivity contribution in [3.63, 3.8) is 0 Å². The Bertz CT molecular complexity index is 355. The van der Waals surface area contributed by atoms with E-state index >= 15 is 0 Å². The molecule has 0 saturated carbocycles. The van der Waals surface area contributed by atoms with Crippen molar-refractivity contribution in [1.29, 1.82) is 0 Å². The fourth-order valence-corrected chi connectivity index (χ4v) is 1.28. The van der Waals surface area contributed by atoms with Crippen LogP contribution < -0.4 is 0 Å². The first-order valence-corrected chi connectivity index (χ1v) is 4.38. The van der Waals surface area contributed by atoms with Crippen LogP contribution in [0.3, 0.4) is 0 Å². The molecule has 0 heterocycles. The third-order valence-electron chi connectivity index (χ3n) is 2.33. The molecule has 2 atom stereocenters. The van der Waals surface area contributed by atoms with Crippen LogP contribution >= 0.6 is 0 Å². The summed E-state index contributed by atoms with van der Waals surface area (Å²) in [7, 11) is 0. The van der Waals surface area contributed by atoms with Crippen LogP contribution in [0.4, 0.5) is 8.78 Å². The topological polar surface area (TPSA) is 60.7 Å². The third-order valence-corrected chi connectivity index (χ3v) is 2.33. The van der Waals surface area contributed by atoms with E-state index < -0.39 is 29.9 Å². The van der Waals surface area contributed by atoms with Gasteiger partial charge in [-0.2, -0.15) is 0 Å². The Balaban J connectivity index is 3.24. The first-order valence-electron chi connectivity index (χ1n) is 4.38. The fraction of sp³-hybridized carbons (Fsp3) is 0.400. The third kappa shape index (κ3) is 2.14. The minimum absolute atomic E-state index is 0.332. The lowest BCUT2D eigenvalue weighted by Crippen LogP contribution is -2.42. The Morgan fingerprint density at radius 1 is 1.40 bits per heavy atom. The zero-order valence-corrected chi connectivity index (χ0v) is 8.11. The summed E-state index contributed by atoms with van der Waals surface area (Å²) in [6.45, 7) is 0.353. The maximum Gasteiger partial charge on any atom is 0.141 e. The van der Waals surface area contributed by atoms with Crippen molar-refractivity contribution in [2.45, 2.75) is 18.6 Å². The maximum atomic E-state index is 13.3. The maximum absolute atomic E-state index is 13.3. The normalized spacial score (nSPS) is 17.2. The Kier molecular flexibility index (Phi) is 3.38. The van der Waals surface area contributed by atoms with Gasteiger partial charge in [-0.25, -0.2) is 8.78 Å². The van der Waals surface area contributed by atoms with Gasteiger partial charge in [-0.15, -0.1) is 0 Å². The van der Waals surface area contributed by atoms with Gasteiger partial charge in [-0.1, -0.05) is 6.07 Å². The highest BCUT2D eigenvalue weighted by atomic mass is 19.1. The van der Waals surface area contributed by atoms with Gasteiger partial charge < -0.3 is 15.3 Å². The first-order chi connectivity index (χ1) is 6.91. The van der Waals surface area contributed by atoms with Gasteiger partial charge in [0, 0.05) is 11.6 Å². The van der Waals surface area contributed by atoms with Crippen molar-refractivity contribution < 1.29 is 24.1 Å². The zero-order valence-electron chi connectivity index (χ0n) is 8.11. The molecule has 0 spiro atoms. The van der Waals surface area contributed by atoms with E-state index in [4.69, 9.17) is 5.11 Å². The van der Waals surface area contributed by atoms with Gasteiger partial charge in [0.1, 0.15) is 17.2 Å². The number of benzene rings is 1. The van der Waals surface area contributed by atoms with Crippen LogP contribution in [0.2, 0.25) is 0 Å². The number of halogens is 2. The smallest absolute Gasteiger partial charge is 0.141 e. The van der Waals surface area contributed by atoms with Gasteiger partial charge in [-0.05, 0) is 13.0 Å². The second-order valence-electron chi connectivity index (χ2n) is 3.38. The highest BCUT2D eigenvalue weighted by Crippen LogP contribution is 2.27. The van der Waals surface area contributed by atoms with E-state index in [1.807, 2.05) is 0 Å². The van der Waals surface area contributed by atoms with Gasteiger partial charge in [0.2, 0.25) is 0 Å². The summed E-state index contributed by atoms with van der Waals surface area (Å²) in [5, 5.41) is 28.0. The van der Waals surface area contributed by atoms with Gasteiger partial charge in [0.05, 0.1) is 12.7 Å². The molecule has 84 valence electrons. The number of aliphatic hydroxyl groups is 3. The molecule has 0 radical (unpaired) electrons. The van der Waals surface area contributed by atoms with Crippen LogP contribution in [-0.4, -0.2) is 28.0 Å². The van der Waals surface area contributed by atoms with Crippen LogP contribution in [-0.2, 0) is 5.60 Å². The van der Waals surface area contributed by atoms with E-state index in [9.17, 15) is 19.0 Å². The van der Waals surface area contributed by atoms with E-state index in [0.29, 0.717) is 6.07 Å². The molecule has 0 saturated heterocycles. The molecule has 0 unspecified atom stereocenters. The van der Waals surface area contributed by atoms with E-state index in [0.717, 1.165) is 12.1 Å². The molecule has 3 nitrogen and oxygen atoms in total. The average Bonchev–Trinajstić information content (AvgIpc) is 2.16. The molecule has 0 aliphatic heterocycles. The minimum Gasteiger partial charge on any atom is -0.393 e. The molecule has 1 aromatic carbocycles. The molecule has 0 aromatic heterocycles. The number of hydrogen-bond donors (Lipinski definition) is 3. The fourth-order valence-electron chi connectivity index (χ4n) is 1.28. The SMILES string of the molecule is C[C@H](O)[C@](O)(CO)c1ccc(F)cc1F. The van der Waals surface area contributed by atoms with Crippen molar-refractivity contribution in [2.75, 3.05) is 6.61 Å². The molecule has 5 heteroatoms. The molecule has 3 N–H and O–H groups in total. The predicted molar refractivity (Wildman–Crippen MR) is 49.0 cm³/mol. The Hall–Kier alpha value is -1.04. The number of hydrogen-bond acceptors (Lipinski definition) is 3. The summed E-state index contributed by atoms with van der Waals surface area (Å²) < 4.78 is 25.9. The van der Waals surface area contributed by atoms with E-state index in [1.54, 1.807) is 0 Å². The second kappa shape index (κ2) is 4.22. The van der Waals surface area contributed by atoms with Crippen molar-refractivity contribution in [3.05, 3.63) is 35.4 Å². The molecular formula is C10H12F2O3. The molecule has 0 amide bonds. The predicted octanol–water partition coefficient (Wildman–Crippen LogP) is 0.526. The van der Waals surface area contributed by atoms with Crippen LogP contribution in [0.5, 0.6) is 0 Å². The Labute approximate surface area is 85.6 Å². The molecule has 15 heavy (non-hydrogen) atoms. The summed E-state index contributed by atoms with van der Waals surface area (Å²) in [4.78, 5) is 0. The minimum atomic E-state index is -2.11. The lowest BCUT2D eigenvalue weighted by atomic mass is 9.89. The molecule has 1 rings (SSSR count). The Morgan fingerprint density at radius 3 is 2.40 bits per heavy atom. The van der Waals surface area contributed by atoms with Gasteiger partial charge in [0.25, 0.3) is 0 Å². The highest BCUT2D eigenvalue weighted by molar-refractivity contribution is 5.26. The van der Waals surface area contributed by atoms with Gasteiger partial charge in [-0.3, -0.25) is 0 Å². The van der Waals surface area contributed by atoms with Crippen molar-refractivity contribution in [3.8, 4) is 0 Å². The quantitative estimate of drug-likeness (QED) is 0.693. The molecule has 0 bridgehead atoms. The molecule has 0 fully saturated rings. The summed E-state index contributed by atoms with van der Waals surface area (Å²) in [6.07, 6.45) is -1.37. The Morgan fingerprint density at radius 2 is 2.00 bits per heavy atom. The van der Waals surface area contributed by atoms with Crippen LogP contribution in [0, 0.1) is 11.6 Å². The molecule has 0 aliphatic rings. The largest absolute Gasteiger partial charge is 0.393 e. The van der Waals surface area contributed by atoms with E-state index in [1.165, 1.54) is 6.92 Å². The van der Waals surface area contributed by atoms with Gasteiger partial charge in [0.15, 0.2) is 0 Å². The summed E-state index contributed by atoms with van der Waals surface area (Å²) in [5.41, 5.74) is -2.45. The van der Waals surface area contributed by atoms with Crippen molar-refractivity contribution in [2.24, 2.45) is 0 Å². The monoisotopic (exact) mass is 218 g/mol. The van der Waals surface area contributed by atoms with Crippen LogP contribution in [0.15, 0.2) is 18.2 Å². The van der Waals surface area contributed by atoms with Gasteiger partial charge >= 0.3 is 0 Å². The van der Waals surface area contributed by atoms with Crippen molar-refractivity contribution >= 4 is 0 Å². The standard InChI is InChI=1S/C10H12F2O3/c1-6(14)10(15,5-13)8-3-2-7(11)4-9(8)12/h2-4,6,13-15H,5H2,1H3/t6-,10+/m0/s1. The van der Waals surface area contributed by atoms with E-state index in [2.05, 4.69) is 0 Å². The summed E-state index contributed by atoms with van der Waals surface area (Å²) in [5.74, 6) is -1.80. The lowest BCUT2D eigenvalue weighted by Gasteiger charge is -2.29. The first kappa shape index (κ1) is 12.0. The lowest BCUT2D eigenvalue weighted by molar-refractivity contribution is -0.105. The van der Waals surface area contributed by atoms with Crippen LogP contribution in [0.25, 0.3) is 0 Å². The average molecular weight is 218 g/mol. The van der Waals surface area contributed by atoms with E-state index in [-0.39, 0.29) is 5.56 Å². The van der Waals surface area contributed by atoms with Crippen molar-refractivity contribution in [1.82, 2.24) is 0 Å². The van der Waals surface area contributed by atoms with Crippen LogP contribution in [0.1, 0.15) is 12.5 Å². The highest BCUT2D eigenvalue weighted by Gasteiger charge is 2.36. The molecule has 1 aromatic rings. The molecule has 0 aliphatic carbocycles. The number of aliphatic hydroxyl groups excluding tert-OH is 2. The number of rotatable bonds is 3. The second-order valence-corrected chi connectivity index (χ2v) is 3.38. The molecular weight excluding hydrogens is 206 g/mol.